The van der Waals surface area contributed by atoms with E-state index >= 15 is 0 Å². The van der Waals surface area contributed by atoms with Crippen molar-refractivity contribution in [1.82, 2.24) is 4.72 Å². The van der Waals surface area contributed by atoms with Gasteiger partial charge >= 0.3 is 0 Å². The molecule has 1 aromatic rings. The van der Waals surface area contributed by atoms with Crippen LogP contribution in [0.1, 0.15) is 49.8 Å². The molecule has 0 saturated heterocycles. The standard InChI is InChI=1S/C15H25NO2S/c1-5-10-19(17,18)16-9-8-15-11-14(12(2)3)7-6-13(15)4/h6-7,11-12,16H,5,8-10H2,1-4H3. The lowest BCUT2D eigenvalue weighted by Crippen LogP contribution is -2.28. The lowest BCUT2D eigenvalue weighted by molar-refractivity contribution is 0.580. The molecule has 0 fully saturated rings. The van der Waals surface area contributed by atoms with Crippen molar-refractivity contribution in [2.75, 3.05) is 12.3 Å². The Hall–Kier alpha value is -0.870. The Morgan fingerprint density at radius 2 is 1.95 bits per heavy atom. The van der Waals surface area contributed by atoms with Crippen molar-refractivity contribution in [3.05, 3.63) is 34.9 Å². The summed E-state index contributed by atoms with van der Waals surface area (Å²) < 4.78 is 25.8. The first-order valence-corrected chi connectivity index (χ1v) is 8.57. The van der Waals surface area contributed by atoms with Crippen LogP contribution in [0.2, 0.25) is 0 Å². The van der Waals surface area contributed by atoms with Crippen LogP contribution in [0, 0.1) is 6.92 Å². The summed E-state index contributed by atoms with van der Waals surface area (Å²) in [4.78, 5) is 0. The summed E-state index contributed by atoms with van der Waals surface area (Å²) in [6.07, 6.45) is 1.40. The normalized spacial score (nSPS) is 12.1. The number of rotatable bonds is 7. The molecule has 1 aromatic carbocycles. The van der Waals surface area contributed by atoms with Crippen LogP contribution in [0.5, 0.6) is 0 Å². The van der Waals surface area contributed by atoms with Crippen molar-refractivity contribution in [2.45, 2.75) is 46.5 Å². The van der Waals surface area contributed by atoms with Gasteiger partial charge in [-0.1, -0.05) is 39.0 Å². The monoisotopic (exact) mass is 283 g/mol. The van der Waals surface area contributed by atoms with Crippen LogP contribution in [0.4, 0.5) is 0 Å². The van der Waals surface area contributed by atoms with Crippen LogP contribution >= 0.6 is 0 Å². The van der Waals surface area contributed by atoms with Gasteiger partial charge in [0.2, 0.25) is 10.0 Å². The smallest absolute Gasteiger partial charge is 0.211 e. The van der Waals surface area contributed by atoms with Crippen LogP contribution < -0.4 is 4.72 Å². The van der Waals surface area contributed by atoms with Crippen molar-refractivity contribution >= 4 is 10.0 Å². The zero-order valence-electron chi connectivity index (χ0n) is 12.4. The third-order valence-corrected chi connectivity index (χ3v) is 4.82. The highest BCUT2D eigenvalue weighted by Gasteiger charge is 2.09. The highest BCUT2D eigenvalue weighted by Crippen LogP contribution is 2.18. The number of aryl methyl sites for hydroxylation is 1. The first kappa shape index (κ1) is 16.2. The summed E-state index contributed by atoms with van der Waals surface area (Å²) in [6.45, 7) is 8.75. The highest BCUT2D eigenvalue weighted by molar-refractivity contribution is 7.89. The van der Waals surface area contributed by atoms with Crippen molar-refractivity contribution in [2.24, 2.45) is 0 Å². The topological polar surface area (TPSA) is 46.2 Å². The second kappa shape index (κ2) is 7.06. The van der Waals surface area contributed by atoms with Gasteiger partial charge in [-0.25, -0.2) is 13.1 Å². The van der Waals surface area contributed by atoms with Gasteiger partial charge in [-0.2, -0.15) is 0 Å². The van der Waals surface area contributed by atoms with E-state index < -0.39 is 10.0 Å². The molecule has 0 bridgehead atoms. The maximum Gasteiger partial charge on any atom is 0.211 e. The van der Waals surface area contributed by atoms with Crippen LogP contribution in [-0.4, -0.2) is 20.7 Å². The summed E-state index contributed by atoms with van der Waals surface area (Å²) >= 11 is 0. The lowest BCUT2D eigenvalue weighted by atomic mass is 9.96. The SMILES string of the molecule is CCCS(=O)(=O)NCCc1cc(C(C)C)ccc1C. The zero-order valence-corrected chi connectivity index (χ0v) is 13.2. The second-order valence-corrected chi connectivity index (χ2v) is 7.23. The van der Waals surface area contributed by atoms with Gasteiger partial charge in [0, 0.05) is 6.54 Å². The molecule has 0 radical (unpaired) electrons. The fourth-order valence-corrected chi connectivity index (χ4v) is 3.10. The van der Waals surface area contributed by atoms with E-state index in [0.29, 0.717) is 18.9 Å². The minimum Gasteiger partial charge on any atom is -0.215 e. The molecule has 0 atom stereocenters. The van der Waals surface area contributed by atoms with Crippen LogP contribution in [-0.2, 0) is 16.4 Å². The fourth-order valence-electron chi connectivity index (χ4n) is 2.00. The molecule has 3 nitrogen and oxygen atoms in total. The maximum atomic E-state index is 11.6. The Morgan fingerprint density at radius 1 is 1.26 bits per heavy atom. The third-order valence-electron chi connectivity index (χ3n) is 3.23. The largest absolute Gasteiger partial charge is 0.215 e. The minimum atomic E-state index is -3.09. The van der Waals surface area contributed by atoms with E-state index in [1.165, 1.54) is 16.7 Å². The fraction of sp³-hybridized carbons (Fsp3) is 0.600. The van der Waals surface area contributed by atoms with E-state index in [1.807, 2.05) is 6.92 Å². The number of nitrogens with one attached hydrogen (secondary N) is 1. The molecular formula is C15H25NO2S. The predicted octanol–water partition coefficient (Wildman–Crippen LogP) is 2.99. The molecule has 0 heterocycles. The summed E-state index contributed by atoms with van der Waals surface area (Å²) in [5, 5.41) is 0. The second-order valence-electron chi connectivity index (χ2n) is 5.30. The average molecular weight is 283 g/mol. The first-order chi connectivity index (χ1) is 8.85. The molecule has 4 heteroatoms. The number of sulfonamides is 1. The quantitative estimate of drug-likeness (QED) is 0.836. The van der Waals surface area contributed by atoms with Gasteiger partial charge in [0.25, 0.3) is 0 Å². The first-order valence-electron chi connectivity index (χ1n) is 6.92. The van der Waals surface area contributed by atoms with Gasteiger partial charge in [0.05, 0.1) is 5.75 Å². The third kappa shape index (κ3) is 5.33. The molecule has 108 valence electrons. The van der Waals surface area contributed by atoms with Gasteiger partial charge in [-0.3, -0.25) is 0 Å². The van der Waals surface area contributed by atoms with Crippen LogP contribution in [0.25, 0.3) is 0 Å². The van der Waals surface area contributed by atoms with Crippen molar-refractivity contribution in [1.29, 1.82) is 0 Å². The molecule has 0 aliphatic heterocycles. The average Bonchev–Trinajstić information content (AvgIpc) is 2.30. The molecule has 1 N–H and O–H groups in total. The number of benzene rings is 1. The Balaban J connectivity index is 2.65. The Bertz CT molecular complexity index is 507. The Morgan fingerprint density at radius 3 is 2.53 bits per heavy atom. The van der Waals surface area contributed by atoms with Crippen molar-refractivity contribution in [3.63, 3.8) is 0 Å². The van der Waals surface area contributed by atoms with E-state index in [4.69, 9.17) is 0 Å². The molecule has 0 aliphatic rings. The molecular weight excluding hydrogens is 258 g/mol. The zero-order chi connectivity index (χ0) is 14.5. The minimum absolute atomic E-state index is 0.206. The molecule has 0 saturated carbocycles. The van der Waals surface area contributed by atoms with E-state index in [-0.39, 0.29) is 5.75 Å². The molecule has 0 aliphatic carbocycles. The van der Waals surface area contributed by atoms with Gasteiger partial charge in [0.15, 0.2) is 0 Å². The Labute approximate surface area is 117 Å². The highest BCUT2D eigenvalue weighted by atomic mass is 32.2. The molecule has 0 unspecified atom stereocenters. The van der Waals surface area contributed by atoms with Gasteiger partial charge in [0.1, 0.15) is 0 Å². The van der Waals surface area contributed by atoms with Crippen LogP contribution in [0.15, 0.2) is 18.2 Å². The predicted molar refractivity (Wildman–Crippen MR) is 81.1 cm³/mol. The van der Waals surface area contributed by atoms with Crippen molar-refractivity contribution < 1.29 is 8.42 Å². The van der Waals surface area contributed by atoms with E-state index in [0.717, 1.165) is 6.42 Å². The summed E-state index contributed by atoms with van der Waals surface area (Å²) in [6, 6.07) is 6.45. The molecule has 0 aromatic heterocycles. The summed E-state index contributed by atoms with van der Waals surface area (Å²) in [5.74, 6) is 0.703. The van der Waals surface area contributed by atoms with E-state index in [2.05, 4.69) is 43.7 Å². The summed E-state index contributed by atoms with van der Waals surface area (Å²) in [5.41, 5.74) is 3.75. The maximum absolute atomic E-state index is 11.6. The van der Waals surface area contributed by atoms with Gasteiger partial charge < -0.3 is 0 Å². The molecule has 0 spiro atoms. The van der Waals surface area contributed by atoms with Gasteiger partial charge in [-0.15, -0.1) is 0 Å². The van der Waals surface area contributed by atoms with Crippen LogP contribution in [0.3, 0.4) is 0 Å². The van der Waals surface area contributed by atoms with Crippen molar-refractivity contribution in [3.8, 4) is 0 Å². The van der Waals surface area contributed by atoms with E-state index in [1.54, 1.807) is 0 Å². The molecule has 19 heavy (non-hydrogen) atoms. The Kier molecular flexibility index (Phi) is 6.01. The van der Waals surface area contributed by atoms with E-state index in [9.17, 15) is 8.42 Å². The number of hydrogen-bond donors (Lipinski definition) is 1. The van der Waals surface area contributed by atoms with Gasteiger partial charge in [-0.05, 0) is 42.4 Å². The molecule has 0 amide bonds. The molecule has 1 rings (SSSR count). The number of hydrogen-bond acceptors (Lipinski definition) is 2. The summed E-state index contributed by atoms with van der Waals surface area (Å²) in [7, 11) is -3.09. The lowest BCUT2D eigenvalue weighted by Gasteiger charge is -2.12.